The van der Waals surface area contributed by atoms with Gasteiger partial charge < -0.3 is 13.6 Å². The third-order valence-electron chi connectivity index (χ3n) is 4.03. The van der Waals surface area contributed by atoms with Gasteiger partial charge in [0.25, 0.3) is 11.8 Å². The Morgan fingerprint density at radius 1 is 1.11 bits per heavy atom. The Bertz CT molecular complexity index is 1130. The van der Waals surface area contributed by atoms with E-state index >= 15 is 0 Å². The van der Waals surface area contributed by atoms with E-state index in [1.54, 1.807) is 0 Å². The minimum atomic E-state index is -0.473. The molecule has 0 saturated heterocycles. The standard InChI is InChI=1S/C20H17N3O4S/c1-11-9-15(12(2)26-11)19-23-22-16(27-19)10-25-20(24)18-17(21-13(3)28-18)14-7-5-4-6-8-14/h4-9H,10H2,1-3H3. The predicted octanol–water partition coefficient (Wildman–Crippen LogP) is 4.74. The number of nitrogens with zero attached hydrogens (tertiary/aromatic N) is 3. The first kappa shape index (κ1) is 18.1. The number of ether oxygens (including phenoxy) is 1. The molecule has 142 valence electrons. The highest BCUT2D eigenvalue weighted by atomic mass is 32.1. The molecule has 0 amide bonds. The van der Waals surface area contributed by atoms with Gasteiger partial charge in [-0.25, -0.2) is 9.78 Å². The summed E-state index contributed by atoms with van der Waals surface area (Å²) in [5.41, 5.74) is 2.21. The van der Waals surface area contributed by atoms with Crippen LogP contribution in [0.2, 0.25) is 0 Å². The highest BCUT2D eigenvalue weighted by molar-refractivity contribution is 7.14. The van der Waals surface area contributed by atoms with E-state index in [9.17, 15) is 4.79 Å². The van der Waals surface area contributed by atoms with E-state index in [1.165, 1.54) is 11.3 Å². The molecule has 0 fully saturated rings. The second kappa shape index (κ2) is 7.40. The van der Waals surface area contributed by atoms with Crippen LogP contribution in [0, 0.1) is 20.8 Å². The molecule has 0 bridgehead atoms. The Morgan fingerprint density at radius 2 is 1.89 bits per heavy atom. The molecular weight excluding hydrogens is 378 g/mol. The van der Waals surface area contributed by atoms with Crippen LogP contribution in [0.25, 0.3) is 22.7 Å². The molecule has 0 N–H and O–H groups in total. The van der Waals surface area contributed by atoms with Crippen molar-refractivity contribution in [2.75, 3.05) is 0 Å². The summed E-state index contributed by atoms with van der Waals surface area (Å²) < 4.78 is 16.5. The van der Waals surface area contributed by atoms with Gasteiger partial charge in [-0.3, -0.25) is 0 Å². The van der Waals surface area contributed by atoms with Crippen molar-refractivity contribution in [3.63, 3.8) is 0 Å². The van der Waals surface area contributed by atoms with E-state index in [0.717, 1.165) is 21.9 Å². The zero-order valence-corrected chi connectivity index (χ0v) is 16.4. The average molecular weight is 395 g/mol. The lowest BCUT2D eigenvalue weighted by Crippen LogP contribution is -2.05. The number of aryl methyl sites for hydroxylation is 3. The number of aromatic nitrogens is 3. The van der Waals surface area contributed by atoms with Gasteiger partial charge in [-0.1, -0.05) is 30.3 Å². The fourth-order valence-electron chi connectivity index (χ4n) is 2.81. The van der Waals surface area contributed by atoms with Gasteiger partial charge in [0.2, 0.25) is 0 Å². The van der Waals surface area contributed by atoms with Gasteiger partial charge in [0.15, 0.2) is 6.61 Å². The predicted molar refractivity (Wildman–Crippen MR) is 103 cm³/mol. The van der Waals surface area contributed by atoms with Crippen LogP contribution in [0.5, 0.6) is 0 Å². The maximum absolute atomic E-state index is 12.6. The summed E-state index contributed by atoms with van der Waals surface area (Å²) in [4.78, 5) is 17.5. The van der Waals surface area contributed by atoms with Crippen molar-refractivity contribution in [3.8, 4) is 22.7 Å². The highest BCUT2D eigenvalue weighted by Gasteiger charge is 2.21. The van der Waals surface area contributed by atoms with Crippen molar-refractivity contribution in [2.24, 2.45) is 0 Å². The maximum Gasteiger partial charge on any atom is 0.351 e. The van der Waals surface area contributed by atoms with Gasteiger partial charge in [0, 0.05) is 5.56 Å². The van der Waals surface area contributed by atoms with Gasteiger partial charge in [-0.05, 0) is 26.8 Å². The monoisotopic (exact) mass is 395 g/mol. The minimum Gasteiger partial charge on any atom is -0.466 e. The van der Waals surface area contributed by atoms with Crippen LogP contribution in [-0.4, -0.2) is 21.2 Å². The molecule has 0 aliphatic carbocycles. The SMILES string of the molecule is Cc1cc(-c2nnc(COC(=O)c3sc(C)nc3-c3ccccc3)o2)c(C)o1. The molecule has 0 unspecified atom stereocenters. The van der Waals surface area contributed by atoms with Crippen LogP contribution in [0.3, 0.4) is 0 Å². The molecule has 3 aromatic heterocycles. The van der Waals surface area contributed by atoms with Crippen molar-refractivity contribution >= 4 is 17.3 Å². The first-order valence-corrected chi connectivity index (χ1v) is 9.42. The number of esters is 1. The second-order valence-corrected chi connectivity index (χ2v) is 7.38. The van der Waals surface area contributed by atoms with Crippen LogP contribution < -0.4 is 0 Å². The molecule has 0 atom stereocenters. The molecule has 0 aliphatic rings. The smallest absolute Gasteiger partial charge is 0.351 e. The van der Waals surface area contributed by atoms with Gasteiger partial charge in [0.1, 0.15) is 16.4 Å². The van der Waals surface area contributed by atoms with Gasteiger partial charge in [0.05, 0.1) is 16.3 Å². The fourth-order valence-corrected chi connectivity index (χ4v) is 3.65. The molecule has 0 radical (unpaired) electrons. The summed E-state index contributed by atoms with van der Waals surface area (Å²) in [7, 11) is 0. The third-order valence-corrected chi connectivity index (χ3v) is 4.98. The zero-order chi connectivity index (χ0) is 19.7. The van der Waals surface area contributed by atoms with Crippen molar-refractivity contribution in [1.82, 2.24) is 15.2 Å². The van der Waals surface area contributed by atoms with E-state index in [1.807, 2.05) is 57.2 Å². The van der Waals surface area contributed by atoms with E-state index in [4.69, 9.17) is 13.6 Å². The quantitative estimate of drug-likeness (QED) is 0.451. The van der Waals surface area contributed by atoms with E-state index in [0.29, 0.717) is 22.2 Å². The molecule has 7 nitrogen and oxygen atoms in total. The van der Waals surface area contributed by atoms with Crippen LogP contribution in [0.4, 0.5) is 0 Å². The lowest BCUT2D eigenvalue weighted by Gasteiger charge is -2.02. The Hall–Kier alpha value is -3.26. The summed E-state index contributed by atoms with van der Waals surface area (Å²) in [5, 5.41) is 8.74. The van der Waals surface area contributed by atoms with Crippen LogP contribution in [-0.2, 0) is 11.3 Å². The normalized spacial score (nSPS) is 11.0. The third kappa shape index (κ3) is 3.59. The summed E-state index contributed by atoms with van der Waals surface area (Å²) in [6, 6.07) is 11.4. The Kier molecular flexibility index (Phi) is 4.79. The van der Waals surface area contributed by atoms with Gasteiger partial charge in [-0.15, -0.1) is 21.5 Å². The molecule has 28 heavy (non-hydrogen) atoms. The second-order valence-electron chi connectivity index (χ2n) is 6.18. The molecule has 8 heteroatoms. The number of furan rings is 1. The fraction of sp³-hybridized carbons (Fsp3) is 0.200. The Labute approximate surface area is 165 Å². The van der Waals surface area contributed by atoms with E-state index < -0.39 is 5.97 Å². The van der Waals surface area contributed by atoms with Crippen molar-refractivity contribution in [1.29, 1.82) is 0 Å². The van der Waals surface area contributed by atoms with Crippen molar-refractivity contribution in [3.05, 3.63) is 63.7 Å². The van der Waals surface area contributed by atoms with Crippen molar-refractivity contribution < 1.29 is 18.4 Å². The van der Waals surface area contributed by atoms with Crippen LogP contribution in [0.1, 0.15) is 32.1 Å². The molecule has 1 aromatic carbocycles. The number of carbonyl (C=O) groups excluding carboxylic acids is 1. The Balaban J connectivity index is 1.50. The number of rotatable bonds is 5. The lowest BCUT2D eigenvalue weighted by molar-refractivity contribution is 0.0445. The molecule has 3 heterocycles. The van der Waals surface area contributed by atoms with Crippen LogP contribution in [0.15, 0.2) is 45.2 Å². The summed E-state index contributed by atoms with van der Waals surface area (Å²) in [5.74, 6) is 1.52. The molecule has 0 spiro atoms. The molecule has 0 saturated carbocycles. The number of hydrogen-bond donors (Lipinski definition) is 0. The van der Waals surface area contributed by atoms with E-state index in [2.05, 4.69) is 15.2 Å². The maximum atomic E-state index is 12.6. The summed E-state index contributed by atoms with van der Waals surface area (Å²) in [6.07, 6.45) is 0. The number of carbonyl (C=O) groups is 1. The van der Waals surface area contributed by atoms with Crippen molar-refractivity contribution in [2.45, 2.75) is 27.4 Å². The molecule has 4 rings (SSSR count). The summed E-state index contributed by atoms with van der Waals surface area (Å²) >= 11 is 1.29. The molecular formula is C20H17N3O4S. The number of thiazole rings is 1. The number of benzene rings is 1. The topological polar surface area (TPSA) is 91.2 Å². The minimum absolute atomic E-state index is 0.118. The first-order valence-electron chi connectivity index (χ1n) is 8.61. The zero-order valence-electron chi connectivity index (χ0n) is 15.6. The largest absolute Gasteiger partial charge is 0.466 e. The van der Waals surface area contributed by atoms with Gasteiger partial charge in [-0.2, -0.15) is 0 Å². The highest BCUT2D eigenvalue weighted by Crippen LogP contribution is 2.29. The lowest BCUT2D eigenvalue weighted by atomic mass is 10.1. The van der Waals surface area contributed by atoms with Crippen LogP contribution >= 0.6 is 11.3 Å². The molecule has 0 aliphatic heterocycles. The Morgan fingerprint density at radius 3 is 2.61 bits per heavy atom. The average Bonchev–Trinajstić information content (AvgIpc) is 3.39. The summed E-state index contributed by atoms with van der Waals surface area (Å²) in [6.45, 7) is 5.40. The van der Waals surface area contributed by atoms with E-state index in [-0.39, 0.29) is 12.5 Å². The first-order chi connectivity index (χ1) is 13.5. The van der Waals surface area contributed by atoms with Gasteiger partial charge >= 0.3 is 5.97 Å². The number of hydrogen-bond acceptors (Lipinski definition) is 8. The molecule has 4 aromatic rings.